The monoisotopic (exact) mass is 254 g/mol. The molecule has 0 atom stereocenters. The molecule has 4 nitrogen and oxygen atoms in total. The van der Waals surface area contributed by atoms with Crippen LogP contribution >= 0.6 is 0 Å². The van der Waals surface area contributed by atoms with Crippen LogP contribution in [0.5, 0.6) is 0 Å². The van der Waals surface area contributed by atoms with Crippen molar-refractivity contribution in [3.8, 4) is 6.07 Å². The van der Waals surface area contributed by atoms with Crippen LogP contribution in [0.1, 0.15) is 22.5 Å². The van der Waals surface area contributed by atoms with E-state index in [1.54, 1.807) is 6.20 Å². The second kappa shape index (κ2) is 6.17. The van der Waals surface area contributed by atoms with Gasteiger partial charge in [-0.1, -0.05) is 6.07 Å². The number of nitrogens with one attached hydrogen (secondary N) is 1. The molecule has 98 valence electrons. The standard InChI is InChI=1S/C15H18N4/c1-12-14(8-15(9-16)19(12)2)11-18-7-5-13-4-3-6-17-10-13/h3-4,6,8,10,18H,5,7,11H2,1-2H3. The number of rotatable bonds is 5. The lowest BCUT2D eigenvalue weighted by Crippen LogP contribution is -2.17. The zero-order valence-electron chi connectivity index (χ0n) is 11.3. The van der Waals surface area contributed by atoms with Crippen molar-refractivity contribution in [1.82, 2.24) is 14.9 Å². The smallest absolute Gasteiger partial charge is 0.120 e. The highest BCUT2D eigenvalue weighted by Gasteiger charge is 2.07. The van der Waals surface area contributed by atoms with Crippen LogP contribution < -0.4 is 5.32 Å². The van der Waals surface area contributed by atoms with Gasteiger partial charge in [0.25, 0.3) is 0 Å². The first kappa shape index (κ1) is 13.3. The van der Waals surface area contributed by atoms with Crippen LogP contribution in [-0.4, -0.2) is 16.1 Å². The molecule has 0 bridgehead atoms. The average molecular weight is 254 g/mol. The highest BCUT2D eigenvalue weighted by atomic mass is 15.0. The molecule has 0 saturated heterocycles. The van der Waals surface area contributed by atoms with E-state index < -0.39 is 0 Å². The molecule has 0 radical (unpaired) electrons. The van der Waals surface area contributed by atoms with Crippen LogP contribution in [0.2, 0.25) is 0 Å². The minimum atomic E-state index is 0.710. The normalized spacial score (nSPS) is 10.4. The molecule has 0 fully saturated rings. The Morgan fingerprint density at radius 3 is 2.95 bits per heavy atom. The van der Waals surface area contributed by atoms with Crippen molar-refractivity contribution in [1.29, 1.82) is 5.26 Å². The lowest BCUT2D eigenvalue weighted by Gasteiger charge is -2.05. The first-order valence-corrected chi connectivity index (χ1v) is 6.37. The van der Waals surface area contributed by atoms with Crippen molar-refractivity contribution in [3.05, 3.63) is 53.1 Å². The van der Waals surface area contributed by atoms with Gasteiger partial charge in [0.2, 0.25) is 0 Å². The molecule has 19 heavy (non-hydrogen) atoms. The van der Waals surface area contributed by atoms with Crippen molar-refractivity contribution in [2.24, 2.45) is 7.05 Å². The number of aromatic nitrogens is 2. The Labute approximate surface area is 113 Å². The fourth-order valence-corrected chi connectivity index (χ4v) is 2.05. The number of nitrogens with zero attached hydrogens (tertiary/aromatic N) is 3. The van der Waals surface area contributed by atoms with Gasteiger partial charge in [0, 0.05) is 31.7 Å². The maximum atomic E-state index is 8.98. The molecule has 2 heterocycles. The third kappa shape index (κ3) is 3.21. The quantitative estimate of drug-likeness (QED) is 0.830. The third-order valence-corrected chi connectivity index (χ3v) is 3.38. The Morgan fingerprint density at radius 1 is 1.47 bits per heavy atom. The van der Waals surface area contributed by atoms with Gasteiger partial charge in [-0.25, -0.2) is 0 Å². The van der Waals surface area contributed by atoms with E-state index in [4.69, 9.17) is 5.26 Å². The first-order valence-electron chi connectivity index (χ1n) is 6.37. The van der Waals surface area contributed by atoms with Crippen molar-refractivity contribution >= 4 is 0 Å². The van der Waals surface area contributed by atoms with Gasteiger partial charge < -0.3 is 9.88 Å². The summed E-state index contributed by atoms with van der Waals surface area (Å²) in [7, 11) is 1.92. The Kier molecular flexibility index (Phi) is 4.32. The maximum Gasteiger partial charge on any atom is 0.120 e. The van der Waals surface area contributed by atoms with Gasteiger partial charge >= 0.3 is 0 Å². The largest absolute Gasteiger partial charge is 0.340 e. The van der Waals surface area contributed by atoms with E-state index in [-0.39, 0.29) is 0 Å². The Hall–Kier alpha value is -2.12. The maximum absolute atomic E-state index is 8.98. The Morgan fingerprint density at radius 2 is 2.32 bits per heavy atom. The molecule has 0 aliphatic rings. The fourth-order valence-electron chi connectivity index (χ4n) is 2.05. The van der Waals surface area contributed by atoms with Gasteiger partial charge in [0.15, 0.2) is 0 Å². The summed E-state index contributed by atoms with van der Waals surface area (Å²) < 4.78 is 1.93. The van der Waals surface area contributed by atoms with E-state index in [2.05, 4.69) is 22.4 Å². The molecule has 2 rings (SSSR count). The molecule has 2 aromatic heterocycles. The Bertz CT molecular complexity index is 578. The second-order valence-electron chi connectivity index (χ2n) is 4.60. The van der Waals surface area contributed by atoms with Crippen LogP contribution in [0.3, 0.4) is 0 Å². The minimum Gasteiger partial charge on any atom is -0.340 e. The predicted molar refractivity (Wildman–Crippen MR) is 74.5 cm³/mol. The van der Waals surface area contributed by atoms with E-state index in [1.165, 1.54) is 11.1 Å². The van der Waals surface area contributed by atoms with Gasteiger partial charge in [-0.15, -0.1) is 0 Å². The van der Waals surface area contributed by atoms with Crippen molar-refractivity contribution < 1.29 is 0 Å². The third-order valence-electron chi connectivity index (χ3n) is 3.38. The van der Waals surface area contributed by atoms with Crippen LogP contribution in [0, 0.1) is 18.3 Å². The molecule has 0 aromatic carbocycles. The van der Waals surface area contributed by atoms with E-state index in [0.717, 1.165) is 25.2 Å². The number of hydrogen-bond donors (Lipinski definition) is 1. The summed E-state index contributed by atoms with van der Waals surface area (Å²) >= 11 is 0. The summed E-state index contributed by atoms with van der Waals surface area (Å²) in [5.41, 5.74) is 4.27. The molecule has 0 amide bonds. The van der Waals surface area contributed by atoms with E-state index in [0.29, 0.717) is 5.69 Å². The SMILES string of the molecule is Cc1c(CNCCc2cccnc2)cc(C#N)n1C. The lowest BCUT2D eigenvalue weighted by molar-refractivity contribution is 0.681. The molecular formula is C15H18N4. The average Bonchev–Trinajstić information content (AvgIpc) is 2.72. The highest BCUT2D eigenvalue weighted by Crippen LogP contribution is 2.12. The zero-order chi connectivity index (χ0) is 13.7. The van der Waals surface area contributed by atoms with Crippen molar-refractivity contribution in [3.63, 3.8) is 0 Å². The topological polar surface area (TPSA) is 53.6 Å². The number of pyridine rings is 1. The van der Waals surface area contributed by atoms with E-state index in [1.807, 2.05) is 36.9 Å². The van der Waals surface area contributed by atoms with Crippen LogP contribution in [-0.2, 0) is 20.0 Å². The second-order valence-corrected chi connectivity index (χ2v) is 4.60. The molecule has 0 aliphatic heterocycles. The molecule has 2 aromatic rings. The van der Waals surface area contributed by atoms with Gasteiger partial charge in [-0.05, 0) is 43.1 Å². The van der Waals surface area contributed by atoms with Gasteiger partial charge in [-0.2, -0.15) is 5.26 Å². The molecule has 4 heteroatoms. The van der Waals surface area contributed by atoms with Crippen LogP contribution in [0.25, 0.3) is 0 Å². The summed E-state index contributed by atoms with van der Waals surface area (Å²) in [5.74, 6) is 0. The fraction of sp³-hybridized carbons (Fsp3) is 0.333. The van der Waals surface area contributed by atoms with Gasteiger partial charge in [0.05, 0.1) is 0 Å². The van der Waals surface area contributed by atoms with Crippen molar-refractivity contribution in [2.75, 3.05) is 6.54 Å². The van der Waals surface area contributed by atoms with Gasteiger partial charge in [0.1, 0.15) is 11.8 Å². The number of hydrogen-bond acceptors (Lipinski definition) is 3. The summed E-state index contributed by atoms with van der Waals surface area (Å²) in [4.78, 5) is 4.09. The van der Waals surface area contributed by atoms with Crippen LogP contribution in [0.15, 0.2) is 30.6 Å². The van der Waals surface area contributed by atoms with E-state index in [9.17, 15) is 0 Å². The summed E-state index contributed by atoms with van der Waals surface area (Å²) in [5, 5.41) is 12.4. The molecule has 0 spiro atoms. The highest BCUT2D eigenvalue weighted by molar-refractivity contribution is 5.34. The summed E-state index contributed by atoms with van der Waals surface area (Å²) in [6.07, 6.45) is 4.64. The van der Waals surface area contributed by atoms with Crippen molar-refractivity contribution in [2.45, 2.75) is 19.9 Å². The molecule has 0 unspecified atom stereocenters. The molecular weight excluding hydrogens is 236 g/mol. The summed E-state index contributed by atoms with van der Waals surface area (Å²) in [6.45, 7) is 3.74. The Balaban J connectivity index is 1.85. The first-order chi connectivity index (χ1) is 9.22. The molecule has 0 saturated carbocycles. The minimum absolute atomic E-state index is 0.710. The van der Waals surface area contributed by atoms with E-state index >= 15 is 0 Å². The molecule has 0 aliphatic carbocycles. The predicted octanol–water partition coefficient (Wildman–Crippen LogP) is 1.93. The lowest BCUT2D eigenvalue weighted by atomic mass is 10.2. The zero-order valence-corrected chi connectivity index (χ0v) is 11.3. The van der Waals surface area contributed by atoms with Gasteiger partial charge in [-0.3, -0.25) is 4.98 Å². The van der Waals surface area contributed by atoms with Crippen LogP contribution in [0.4, 0.5) is 0 Å². The number of nitriles is 1. The summed E-state index contributed by atoms with van der Waals surface area (Å²) in [6, 6.07) is 8.18. The molecule has 1 N–H and O–H groups in total.